The first kappa shape index (κ1) is 19.8. The Morgan fingerprint density at radius 2 is 2.20 bits per heavy atom. The molecule has 0 bridgehead atoms. The van der Waals surface area contributed by atoms with Crippen molar-refractivity contribution in [2.75, 3.05) is 39.4 Å². The maximum Gasteiger partial charge on any atom is 0.290 e. The molecule has 160 valence electrons. The van der Waals surface area contributed by atoms with Crippen molar-refractivity contribution in [3.05, 3.63) is 22.6 Å². The number of morpholine rings is 1. The molecule has 1 fully saturated rings. The molecule has 10 heteroatoms. The first-order valence-corrected chi connectivity index (χ1v) is 11.3. The lowest BCUT2D eigenvalue weighted by Gasteiger charge is -2.30. The van der Waals surface area contributed by atoms with Crippen molar-refractivity contribution in [3.63, 3.8) is 0 Å². The number of nitrogens with one attached hydrogen (secondary N) is 2. The van der Waals surface area contributed by atoms with Gasteiger partial charge >= 0.3 is 0 Å². The number of rotatable bonds is 5. The molecule has 1 saturated heterocycles. The van der Waals surface area contributed by atoms with E-state index in [1.807, 2.05) is 0 Å². The van der Waals surface area contributed by atoms with Gasteiger partial charge < -0.3 is 19.7 Å². The molecule has 2 aliphatic heterocycles. The molecule has 0 aromatic carbocycles. The fraction of sp³-hybridized carbons (Fsp3) is 0.600. The molecule has 0 spiro atoms. The van der Waals surface area contributed by atoms with E-state index in [1.54, 1.807) is 22.2 Å². The standard InChI is InChI=1S/C20H26N6O3S/c1-20(2)10-13-14(11-29-20)30-19-15(13)17-23-16(24-26(17)12-22-19)18(27)21-4-3-5-25-6-8-28-9-7-25/h12H,3-11H2,1-2H3,(H,21,27)/p+1. The highest BCUT2D eigenvalue weighted by Crippen LogP contribution is 2.39. The number of thiophene rings is 1. The van der Waals surface area contributed by atoms with E-state index >= 15 is 0 Å². The number of ether oxygens (including phenoxy) is 2. The van der Waals surface area contributed by atoms with Crippen molar-refractivity contribution in [2.24, 2.45) is 0 Å². The van der Waals surface area contributed by atoms with E-state index in [0.29, 0.717) is 18.8 Å². The highest BCUT2D eigenvalue weighted by molar-refractivity contribution is 7.19. The zero-order chi connectivity index (χ0) is 20.7. The first-order valence-electron chi connectivity index (χ1n) is 10.5. The third-order valence-electron chi connectivity index (χ3n) is 5.80. The van der Waals surface area contributed by atoms with E-state index in [-0.39, 0.29) is 17.3 Å². The van der Waals surface area contributed by atoms with Crippen molar-refractivity contribution < 1.29 is 19.2 Å². The molecule has 5 heterocycles. The summed E-state index contributed by atoms with van der Waals surface area (Å²) in [6.45, 7) is 10.1. The van der Waals surface area contributed by atoms with Gasteiger partial charge in [-0.15, -0.1) is 16.4 Å². The van der Waals surface area contributed by atoms with E-state index in [9.17, 15) is 4.79 Å². The Kier molecular flexibility index (Phi) is 5.18. The smallest absolute Gasteiger partial charge is 0.290 e. The van der Waals surface area contributed by atoms with E-state index < -0.39 is 0 Å². The van der Waals surface area contributed by atoms with Crippen LogP contribution in [0.25, 0.3) is 15.9 Å². The van der Waals surface area contributed by atoms with Gasteiger partial charge in [0.05, 0.1) is 37.4 Å². The van der Waals surface area contributed by atoms with Crippen LogP contribution in [0.4, 0.5) is 0 Å². The summed E-state index contributed by atoms with van der Waals surface area (Å²) >= 11 is 1.63. The van der Waals surface area contributed by atoms with E-state index in [1.165, 1.54) is 15.3 Å². The van der Waals surface area contributed by atoms with Crippen LogP contribution >= 0.6 is 11.3 Å². The van der Waals surface area contributed by atoms with Gasteiger partial charge in [0.15, 0.2) is 5.65 Å². The molecule has 9 nitrogen and oxygen atoms in total. The Bertz CT molecular complexity index is 1090. The number of carbonyl (C=O) groups is 1. The second-order valence-electron chi connectivity index (χ2n) is 8.58. The molecule has 30 heavy (non-hydrogen) atoms. The molecule has 5 rings (SSSR count). The van der Waals surface area contributed by atoms with Crippen LogP contribution in [-0.4, -0.2) is 70.5 Å². The molecule has 2 aliphatic rings. The van der Waals surface area contributed by atoms with Crippen molar-refractivity contribution in [1.82, 2.24) is 24.9 Å². The lowest BCUT2D eigenvalue weighted by atomic mass is 9.94. The molecule has 0 unspecified atom stereocenters. The van der Waals surface area contributed by atoms with Gasteiger partial charge in [-0.05, 0) is 19.4 Å². The average Bonchev–Trinajstić information content (AvgIpc) is 3.32. The predicted molar refractivity (Wildman–Crippen MR) is 112 cm³/mol. The molecule has 0 aliphatic carbocycles. The zero-order valence-corrected chi connectivity index (χ0v) is 18.2. The van der Waals surface area contributed by atoms with Crippen molar-refractivity contribution in [1.29, 1.82) is 0 Å². The largest absolute Gasteiger partial charge is 0.370 e. The zero-order valence-electron chi connectivity index (χ0n) is 17.4. The number of aromatic nitrogens is 4. The Hall–Kier alpha value is -2.14. The third kappa shape index (κ3) is 3.80. The van der Waals surface area contributed by atoms with Gasteiger partial charge in [0.1, 0.15) is 24.2 Å². The van der Waals surface area contributed by atoms with Gasteiger partial charge in [-0.2, -0.15) is 0 Å². The van der Waals surface area contributed by atoms with Gasteiger partial charge in [0.2, 0.25) is 5.82 Å². The van der Waals surface area contributed by atoms with Crippen LogP contribution in [0.15, 0.2) is 6.33 Å². The topological polar surface area (TPSA) is 95.1 Å². The number of carbonyl (C=O) groups excluding carboxylic acids is 1. The highest BCUT2D eigenvalue weighted by atomic mass is 32.1. The quantitative estimate of drug-likeness (QED) is 0.562. The molecule has 0 atom stereocenters. The van der Waals surface area contributed by atoms with Gasteiger partial charge in [-0.1, -0.05) is 0 Å². The summed E-state index contributed by atoms with van der Waals surface area (Å²) in [6, 6.07) is 0. The van der Waals surface area contributed by atoms with Crippen LogP contribution in [0.1, 0.15) is 41.3 Å². The van der Waals surface area contributed by atoms with Crippen LogP contribution < -0.4 is 10.2 Å². The fourth-order valence-electron chi connectivity index (χ4n) is 4.17. The van der Waals surface area contributed by atoms with E-state index in [0.717, 1.165) is 55.9 Å². The second kappa shape index (κ2) is 7.84. The number of nitrogens with zero attached hydrogens (tertiary/aromatic N) is 4. The second-order valence-corrected chi connectivity index (χ2v) is 9.66. The van der Waals surface area contributed by atoms with E-state index in [2.05, 4.69) is 34.2 Å². The minimum absolute atomic E-state index is 0.189. The summed E-state index contributed by atoms with van der Waals surface area (Å²) in [6.07, 6.45) is 3.35. The average molecular weight is 432 g/mol. The molecule has 0 radical (unpaired) electrons. The maximum absolute atomic E-state index is 12.6. The third-order valence-corrected chi connectivity index (χ3v) is 6.92. The Labute approximate surface area is 178 Å². The molecule has 1 amide bonds. The van der Waals surface area contributed by atoms with E-state index in [4.69, 9.17) is 9.47 Å². The SMILES string of the molecule is CC1(C)Cc2c(sc3ncn4nc(C(=O)NCCC[NH+]5CCOCC5)nc4c23)CO1. The highest BCUT2D eigenvalue weighted by Gasteiger charge is 2.31. The monoisotopic (exact) mass is 431 g/mol. The molecular formula is C20H27N6O3S+. The van der Waals surface area contributed by atoms with Crippen LogP contribution in [0.5, 0.6) is 0 Å². The summed E-state index contributed by atoms with van der Waals surface area (Å²) in [4.78, 5) is 25.4. The van der Waals surface area contributed by atoms with Gasteiger partial charge in [0.25, 0.3) is 5.91 Å². The summed E-state index contributed by atoms with van der Waals surface area (Å²) in [5, 5.41) is 8.33. The number of hydrogen-bond donors (Lipinski definition) is 2. The number of amides is 1. The lowest BCUT2D eigenvalue weighted by molar-refractivity contribution is -0.908. The van der Waals surface area contributed by atoms with Crippen LogP contribution in [-0.2, 0) is 22.5 Å². The Morgan fingerprint density at radius 3 is 3.03 bits per heavy atom. The Balaban J connectivity index is 1.32. The fourth-order valence-corrected chi connectivity index (χ4v) is 5.23. The van der Waals surface area contributed by atoms with Crippen molar-refractivity contribution in [3.8, 4) is 0 Å². The van der Waals surface area contributed by atoms with Crippen LogP contribution in [0.2, 0.25) is 0 Å². The molecule has 3 aromatic rings. The number of hydrogen-bond acceptors (Lipinski definition) is 7. The van der Waals surface area contributed by atoms with Gasteiger partial charge in [0, 0.05) is 24.3 Å². The van der Waals surface area contributed by atoms with Crippen LogP contribution in [0.3, 0.4) is 0 Å². The Morgan fingerprint density at radius 1 is 1.37 bits per heavy atom. The summed E-state index contributed by atoms with van der Waals surface area (Å²) in [5.74, 6) is -0.0501. The van der Waals surface area contributed by atoms with Gasteiger partial charge in [-0.25, -0.2) is 14.5 Å². The number of quaternary nitrogens is 1. The maximum atomic E-state index is 12.6. The molecular weight excluding hydrogens is 404 g/mol. The molecule has 3 aromatic heterocycles. The van der Waals surface area contributed by atoms with Crippen molar-refractivity contribution in [2.45, 2.75) is 38.9 Å². The van der Waals surface area contributed by atoms with Crippen LogP contribution in [0, 0.1) is 0 Å². The number of fused-ring (bicyclic) bond motifs is 5. The first-order chi connectivity index (χ1) is 14.5. The summed E-state index contributed by atoms with van der Waals surface area (Å²) < 4.78 is 12.9. The molecule has 0 saturated carbocycles. The summed E-state index contributed by atoms with van der Waals surface area (Å²) in [7, 11) is 0. The minimum atomic E-state index is -0.239. The lowest BCUT2D eigenvalue weighted by Crippen LogP contribution is -3.14. The summed E-state index contributed by atoms with van der Waals surface area (Å²) in [5.41, 5.74) is 1.69. The van der Waals surface area contributed by atoms with Gasteiger partial charge in [-0.3, -0.25) is 4.79 Å². The minimum Gasteiger partial charge on any atom is -0.370 e. The normalized spacial score (nSPS) is 19.3. The predicted octanol–water partition coefficient (Wildman–Crippen LogP) is 0.225. The molecule has 2 N–H and O–H groups in total. The van der Waals surface area contributed by atoms with Crippen molar-refractivity contribution >= 4 is 33.1 Å².